The highest BCUT2D eigenvalue weighted by Gasteiger charge is 2.12. The van der Waals surface area contributed by atoms with Crippen LogP contribution in [-0.2, 0) is 13.0 Å². The topological polar surface area (TPSA) is 62.5 Å². The van der Waals surface area contributed by atoms with Crippen molar-refractivity contribution in [3.05, 3.63) is 59.5 Å². The number of furan rings is 1. The number of benzene rings is 1. The van der Waals surface area contributed by atoms with Crippen molar-refractivity contribution < 1.29 is 14.3 Å². The third-order valence-electron chi connectivity index (χ3n) is 2.92. The highest BCUT2D eigenvalue weighted by molar-refractivity contribution is 5.86. The van der Waals surface area contributed by atoms with Crippen LogP contribution in [0.25, 0.3) is 0 Å². The van der Waals surface area contributed by atoms with Gasteiger partial charge in [0.2, 0.25) is 5.76 Å². The van der Waals surface area contributed by atoms with Gasteiger partial charge in [0.1, 0.15) is 0 Å². The number of hydrogen-bond donors (Lipinski definition) is 2. The summed E-state index contributed by atoms with van der Waals surface area (Å²) >= 11 is 0. The van der Waals surface area contributed by atoms with Crippen LogP contribution in [0.15, 0.2) is 47.1 Å². The molecule has 2 aromatic rings. The van der Waals surface area contributed by atoms with Crippen molar-refractivity contribution in [2.45, 2.75) is 19.4 Å². The van der Waals surface area contributed by atoms with E-state index < -0.39 is 5.97 Å². The SMILES string of the molecule is O=C(O)c1occc1CNCCCc1ccccc1. The maximum atomic E-state index is 10.8. The number of carboxylic acid groups (broad SMARTS) is 1. The summed E-state index contributed by atoms with van der Waals surface area (Å²) in [7, 11) is 0. The maximum absolute atomic E-state index is 10.8. The van der Waals surface area contributed by atoms with E-state index in [4.69, 9.17) is 9.52 Å². The Morgan fingerprint density at radius 1 is 1.21 bits per heavy atom. The Hall–Kier alpha value is -2.07. The molecule has 0 fully saturated rings. The van der Waals surface area contributed by atoms with Gasteiger partial charge in [0.05, 0.1) is 6.26 Å². The molecule has 0 aliphatic heterocycles. The van der Waals surface area contributed by atoms with E-state index in [9.17, 15) is 4.79 Å². The van der Waals surface area contributed by atoms with Gasteiger partial charge in [-0.2, -0.15) is 0 Å². The Labute approximate surface area is 112 Å². The van der Waals surface area contributed by atoms with Crippen molar-refractivity contribution >= 4 is 5.97 Å². The molecule has 4 nitrogen and oxygen atoms in total. The Morgan fingerprint density at radius 2 is 2.00 bits per heavy atom. The number of nitrogens with one attached hydrogen (secondary N) is 1. The molecule has 0 atom stereocenters. The van der Waals surface area contributed by atoms with Crippen LogP contribution in [-0.4, -0.2) is 17.6 Å². The van der Waals surface area contributed by atoms with Crippen LogP contribution >= 0.6 is 0 Å². The second-order valence-electron chi connectivity index (χ2n) is 4.35. The van der Waals surface area contributed by atoms with Crippen LogP contribution in [0.4, 0.5) is 0 Å². The average molecular weight is 259 g/mol. The third kappa shape index (κ3) is 3.96. The van der Waals surface area contributed by atoms with Gasteiger partial charge >= 0.3 is 5.97 Å². The van der Waals surface area contributed by atoms with Crippen molar-refractivity contribution in [1.82, 2.24) is 5.32 Å². The zero-order valence-corrected chi connectivity index (χ0v) is 10.6. The molecular weight excluding hydrogens is 242 g/mol. The highest BCUT2D eigenvalue weighted by atomic mass is 16.4. The summed E-state index contributed by atoms with van der Waals surface area (Å²) in [5, 5.41) is 12.1. The summed E-state index contributed by atoms with van der Waals surface area (Å²) in [5.74, 6) is -0.998. The first-order valence-electron chi connectivity index (χ1n) is 6.31. The van der Waals surface area contributed by atoms with E-state index >= 15 is 0 Å². The summed E-state index contributed by atoms with van der Waals surface area (Å²) in [6, 6.07) is 12.0. The van der Waals surface area contributed by atoms with Crippen molar-refractivity contribution in [3.8, 4) is 0 Å². The first-order chi connectivity index (χ1) is 9.27. The second-order valence-corrected chi connectivity index (χ2v) is 4.35. The van der Waals surface area contributed by atoms with E-state index in [0.29, 0.717) is 12.1 Å². The minimum atomic E-state index is -1.02. The molecule has 0 amide bonds. The lowest BCUT2D eigenvalue weighted by Crippen LogP contribution is -2.16. The number of rotatable bonds is 7. The molecule has 1 heterocycles. The van der Waals surface area contributed by atoms with Gasteiger partial charge in [0.15, 0.2) is 0 Å². The van der Waals surface area contributed by atoms with Gasteiger partial charge in [0, 0.05) is 12.1 Å². The minimum absolute atomic E-state index is 0.0237. The maximum Gasteiger partial charge on any atom is 0.372 e. The summed E-state index contributed by atoms with van der Waals surface area (Å²) in [6.07, 6.45) is 3.44. The van der Waals surface area contributed by atoms with Crippen LogP contribution in [0.2, 0.25) is 0 Å². The normalized spacial score (nSPS) is 10.5. The van der Waals surface area contributed by atoms with Crippen molar-refractivity contribution in [1.29, 1.82) is 0 Å². The average Bonchev–Trinajstić information content (AvgIpc) is 2.88. The fourth-order valence-electron chi connectivity index (χ4n) is 1.95. The molecule has 0 unspecified atom stereocenters. The lowest BCUT2D eigenvalue weighted by Gasteiger charge is -2.04. The molecule has 100 valence electrons. The molecule has 0 saturated heterocycles. The number of carbonyl (C=O) groups is 1. The number of aryl methyl sites for hydroxylation is 1. The van der Waals surface area contributed by atoms with Gasteiger partial charge in [0.25, 0.3) is 0 Å². The Bertz CT molecular complexity index is 519. The fourth-order valence-corrected chi connectivity index (χ4v) is 1.95. The number of hydrogen-bond acceptors (Lipinski definition) is 3. The van der Waals surface area contributed by atoms with E-state index in [1.807, 2.05) is 18.2 Å². The molecule has 0 aliphatic rings. The lowest BCUT2D eigenvalue weighted by molar-refractivity contribution is 0.0660. The second kappa shape index (κ2) is 6.75. The molecule has 0 saturated carbocycles. The van der Waals surface area contributed by atoms with Gasteiger partial charge in [-0.3, -0.25) is 0 Å². The van der Waals surface area contributed by atoms with E-state index in [1.54, 1.807) is 6.07 Å². The van der Waals surface area contributed by atoms with Crippen molar-refractivity contribution in [2.24, 2.45) is 0 Å². The van der Waals surface area contributed by atoms with E-state index in [2.05, 4.69) is 17.4 Å². The third-order valence-corrected chi connectivity index (χ3v) is 2.92. The molecule has 2 N–H and O–H groups in total. The fraction of sp³-hybridized carbons (Fsp3) is 0.267. The van der Waals surface area contributed by atoms with Crippen LogP contribution < -0.4 is 5.32 Å². The minimum Gasteiger partial charge on any atom is -0.475 e. The molecule has 4 heteroatoms. The quantitative estimate of drug-likeness (QED) is 0.750. The largest absolute Gasteiger partial charge is 0.475 e. The van der Waals surface area contributed by atoms with Crippen LogP contribution in [0, 0.1) is 0 Å². The molecule has 2 rings (SSSR count). The number of aromatic carboxylic acids is 1. The molecule has 0 radical (unpaired) electrons. The van der Waals surface area contributed by atoms with Gasteiger partial charge in [-0.1, -0.05) is 30.3 Å². The van der Waals surface area contributed by atoms with E-state index in [-0.39, 0.29) is 5.76 Å². The lowest BCUT2D eigenvalue weighted by atomic mass is 10.1. The molecular formula is C15H17NO3. The molecule has 0 spiro atoms. The summed E-state index contributed by atoms with van der Waals surface area (Å²) < 4.78 is 4.91. The van der Waals surface area contributed by atoms with Gasteiger partial charge in [-0.05, 0) is 31.0 Å². The predicted molar refractivity (Wildman–Crippen MR) is 72.1 cm³/mol. The van der Waals surface area contributed by atoms with Crippen molar-refractivity contribution in [3.63, 3.8) is 0 Å². The molecule has 1 aromatic carbocycles. The van der Waals surface area contributed by atoms with Crippen molar-refractivity contribution in [2.75, 3.05) is 6.54 Å². The highest BCUT2D eigenvalue weighted by Crippen LogP contribution is 2.10. The van der Waals surface area contributed by atoms with Gasteiger partial charge < -0.3 is 14.8 Å². The molecule has 0 aliphatic carbocycles. The molecule has 1 aromatic heterocycles. The van der Waals surface area contributed by atoms with Gasteiger partial charge in [-0.15, -0.1) is 0 Å². The molecule has 0 bridgehead atoms. The standard InChI is InChI=1S/C15H17NO3/c17-15(18)14-13(8-10-19-14)11-16-9-4-7-12-5-2-1-3-6-12/h1-3,5-6,8,10,16H,4,7,9,11H2,(H,17,18). The molecule has 19 heavy (non-hydrogen) atoms. The Balaban J connectivity index is 1.70. The first kappa shape index (κ1) is 13.4. The number of carboxylic acids is 1. The monoisotopic (exact) mass is 259 g/mol. The van der Waals surface area contributed by atoms with E-state index in [1.165, 1.54) is 11.8 Å². The summed E-state index contributed by atoms with van der Waals surface area (Å²) in [4.78, 5) is 10.8. The zero-order valence-electron chi connectivity index (χ0n) is 10.6. The first-order valence-corrected chi connectivity index (χ1v) is 6.31. The van der Waals surface area contributed by atoms with Gasteiger partial charge in [-0.25, -0.2) is 4.79 Å². The summed E-state index contributed by atoms with van der Waals surface area (Å²) in [6.45, 7) is 1.37. The van der Waals surface area contributed by atoms with Crippen LogP contribution in [0.5, 0.6) is 0 Å². The zero-order chi connectivity index (χ0) is 13.5. The van der Waals surface area contributed by atoms with E-state index in [0.717, 1.165) is 19.4 Å². The Morgan fingerprint density at radius 3 is 2.74 bits per heavy atom. The smallest absolute Gasteiger partial charge is 0.372 e. The van der Waals surface area contributed by atoms with Crippen LogP contribution in [0.3, 0.4) is 0 Å². The summed E-state index contributed by atoms with van der Waals surface area (Å²) in [5.41, 5.74) is 2.01. The predicted octanol–water partition coefficient (Wildman–Crippen LogP) is 2.70. The Kier molecular flexibility index (Phi) is 4.75. The van der Waals surface area contributed by atoms with Crippen LogP contribution in [0.1, 0.15) is 28.1 Å².